The molecule has 1 rings (SSSR count). The second-order valence-corrected chi connectivity index (χ2v) is 10.3. The van der Waals surface area contributed by atoms with Gasteiger partial charge in [-0.05, 0) is 0 Å². The molecule has 0 saturated carbocycles. The van der Waals surface area contributed by atoms with Crippen LogP contribution in [-0.2, 0) is 0 Å². The SMILES string of the molecule is [Li][CH2]CCN1CCN([Si](C)(C)C)CC1. The fourth-order valence-corrected chi connectivity index (χ4v) is 3.57. The maximum atomic E-state index is 2.73. The quantitative estimate of drug-likeness (QED) is 0.642. The first kappa shape index (κ1) is 12.8. The Bertz CT molecular complexity index is 162. The molecule has 1 aliphatic rings. The topological polar surface area (TPSA) is 6.48 Å². The monoisotopic (exact) mass is 206 g/mol. The van der Waals surface area contributed by atoms with Crippen LogP contribution in [0.2, 0.25) is 24.7 Å². The van der Waals surface area contributed by atoms with Crippen molar-refractivity contribution in [1.29, 1.82) is 0 Å². The summed E-state index contributed by atoms with van der Waals surface area (Å²) in [5.74, 6) is 0. The summed E-state index contributed by atoms with van der Waals surface area (Å²) in [7, 11) is -1.01. The molecule has 1 aliphatic heterocycles. The zero-order chi connectivity index (χ0) is 10.6. The predicted molar refractivity (Wildman–Crippen MR) is 66.5 cm³/mol. The van der Waals surface area contributed by atoms with Crippen LogP contribution in [0.15, 0.2) is 0 Å². The van der Waals surface area contributed by atoms with Gasteiger partial charge in [0.05, 0.1) is 0 Å². The molecule has 14 heavy (non-hydrogen) atoms. The van der Waals surface area contributed by atoms with Crippen molar-refractivity contribution >= 4 is 26.0 Å². The summed E-state index contributed by atoms with van der Waals surface area (Å²) in [6.07, 6.45) is 1.37. The van der Waals surface area contributed by atoms with Crippen molar-refractivity contribution in [3.63, 3.8) is 0 Å². The maximum absolute atomic E-state index is 2.73. The van der Waals surface area contributed by atoms with Gasteiger partial charge in [-0.1, -0.05) is 0 Å². The fourth-order valence-electron chi connectivity index (χ4n) is 2.02. The van der Waals surface area contributed by atoms with Gasteiger partial charge in [0, 0.05) is 0 Å². The number of rotatable bonds is 4. The van der Waals surface area contributed by atoms with E-state index in [0.717, 1.165) is 0 Å². The normalized spacial score (nSPS) is 21.5. The first-order valence-electron chi connectivity index (χ1n) is 6.01. The summed E-state index contributed by atoms with van der Waals surface area (Å²) < 4.78 is 2.73. The van der Waals surface area contributed by atoms with Crippen molar-refractivity contribution in [2.45, 2.75) is 31.2 Å². The summed E-state index contributed by atoms with van der Waals surface area (Å²) in [5, 5.41) is 1.33. The van der Waals surface area contributed by atoms with Crippen LogP contribution in [0.4, 0.5) is 0 Å². The van der Waals surface area contributed by atoms with E-state index in [0.29, 0.717) is 0 Å². The molecular formula is C10H23LiN2Si. The van der Waals surface area contributed by atoms with Crippen LogP contribution < -0.4 is 0 Å². The van der Waals surface area contributed by atoms with Gasteiger partial charge in [0.2, 0.25) is 0 Å². The van der Waals surface area contributed by atoms with Crippen LogP contribution >= 0.6 is 0 Å². The van der Waals surface area contributed by atoms with Gasteiger partial charge in [0.25, 0.3) is 0 Å². The third-order valence-electron chi connectivity index (χ3n) is 3.15. The van der Waals surface area contributed by atoms with E-state index in [1.54, 1.807) is 0 Å². The van der Waals surface area contributed by atoms with E-state index >= 15 is 0 Å². The molecule has 0 aromatic rings. The Morgan fingerprint density at radius 3 is 2.07 bits per heavy atom. The van der Waals surface area contributed by atoms with Gasteiger partial charge in [0.15, 0.2) is 0 Å². The molecule has 0 radical (unpaired) electrons. The standard InChI is InChI=1S/C10H23N2Si.Li/c1-5-6-11-7-9-12(10-8-11)13(2,3)4;/h1,5-10H2,2-4H3;. The Morgan fingerprint density at radius 1 is 1.07 bits per heavy atom. The van der Waals surface area contributed by atoms with E-state index in [1.807, 2.05) is 0 Å². The second-order valence-electron chi connectivity index (χ2n) is 5.35. The Labute approximate surface area is 99.3 Å². The third-order valence-corrected chi connectivity index (χ3v) is 5.49. The van der Waals surface area contributed by atoms with Crippen LogP contribution in [0, 0.1) is 0 Å². The summed E-state index contributed by atoms with van der Waals surface area (Å²) in [6.45, 7) is 13.9. The van der Waals surface area contributed by atoms with Crippen molar-refractivity contribution in [3.05, 3.63) is 0 Å². The van der Waals surface area contributed by atoms with Crippen LogP contribution in [0.3, 0.4) is 0 Å². The predicted octanol–water partition coefficient (Wildman–Crippen LogP) is 1.42. The van der Waals surface area contributed by atoms with Gasteiger partial charge >= 0.3 is 99.3 Å². The Balaban J connectivity index is 2.24. The Hall–Kier alpha value is 0.734. The molecule has 0 aromatic carbocycles. The minimum absolute atomic E-state index is 1.01. The molecule has 0 unspecified atom stereocenters. The first-order chi connectivity index (χ1) is 6.54. The molecule has 0 amide bonds. The van der Waals surface area contributed by atoms with Crippen molar-refractivity contribution in [2.75, 3.05) is 32.7 Å². The molecule has 0 N–H and O–H groups in total. The van der Waals surface area contributed by atoms with Crippen molar-refractivity contribution < 1.29 is 0 Å². The van der Waals surface area contributed by atoms with Gasteiger partial charge < -0.3 is 0 Å². The van der Waals surface area contributed by atoms with Crippen molar-refractivity contribution in [1.82, 2.24) is 9.47 Å². The van der Waals surface area contributed by atoms with E-state index in [4.69, 9.17) is 0 Å². The first-order valence-corrected chi connectivity index (χ1v) is 9.46. The number of hydrogen-bond donors (Lipinski definition) is 0. The van der Waals surface area contributed by atoms with Crippen LogP contribution in [0.25, 0.3) is 0 Å². The average molecular weight is 206 g/mol. The van der Waals surface area contributed by atoms with Crippen LogP contribution in [0.1, 0.15) is 6.42 Å². The molecule has 0 aliphatic carbocycles. The molecule has 2 nitrogen and oxygen atoms in total. The molecule has 4 heteroatoms. The zero-order valence-electron chi connectivity index (χ0n) is 10.3. The molecule has 0 aromatic heterocycles. The average Bonchev–Trinajstić information content (AvgIpc) is 2.14. The molecule has 0 bridgehead atoms. The van der Waals surface area contributed by atoms with E-state index in [2.05, 4.69) is 46.8 Å². The van der Waals surface area contributed by atoms with E-state index in [-0.39, 0.29) is 0 Å². The zero-order valence-corrected chi connectivity index (χ0v) is 11.3. The third kappa shape index (κ3) is 4.08. The number of hydrogen-bond acceptors (Lipinski definition) is 2. The summed E-state index contributed by atoms with van der Waals surface area (Å²) in [4.78, 5) is 2.63. The molecule has 78 valence electrons. The fraction of sp³-hybridized carbons (Fsp3) is 1.00. The van der Waals surface area contributed by atoms with Gasteiger partial charge in [-0.2, -0.15) is 0 Å². The van der Waals surface area contributed by atoms with Crippen molar-refractivity contribution in [2.24, 2.45) is 0 Å². The summed E-state index contributed by atoms with van der Waals surface area (Å²) in [6, 6.07) is 0. The molecule has 1 saturated heterocycles. The van der Waals surface area contributed by atoms with Gasteiger partial charge in [0.1, 0.15) is 0 Å². The van der Waals surface area contributed by atoms with Crippen LogP contribution in [-0.4, -0.2) is 68.1 Å². The summed E-state index contributed by atoms with van der Waals surface area (Å²) in [5.41, 5.74) is 0. The number of piperazine rings is 1. The second kappa shape index (κ2) is 5.72. The molecule has 1 fully saturated rings. The Morgan fingerprint density at radius 2 is 1.64 bits per heavy atom. The van der Waals surface area contributed by atoms with Crippen molar-refractivity contribution in [3.8, 4) is 0 Å². The molecule has 1 heterocycles. The van der Waals surface area contributed by atoms with E-state index < -0.39 is 8.24 Å². The number of nitrogens with zero attached hydrogens (tertiary/aromatic N) is 2. The summed E-state index contributed by atoms with van der Waals surface area (Å²) >= 11 is 2.28. The van der Waals surface area contributed by atoms with E-state index in [9.17, 15) is 0 Å². The van der Waals surface area contributed by atoms with Gasteiger partial charge in [-0.3, -0.25) is 0 Å². The molecular weight excluding hydrogens is 183 g/mol. The minimum atomic E-state index is -1.01. The van der Waals surface area contributed by atoms with E-state index in [1.165, 1.54) is 44.2 Å². The Kier molecular flexibility index (Phi) is 5.23. The van der Waals surface area contributed by atoms with Gasteiger partial charge in [-0.15, -0.1) is 0 Å². The molecule has 0 atom stereocenters. The van der Waals surface area contributed by atoms with Crippen LogP contribution in [0.5, 0.6) is 0 Å². The molecule has 0 spiro atoms. The van der Waals surface area contributed by atoms with Gasteiger partial charge in [-0.25, -0.2) is 0 Å².